The van der Waals surface area contributed by atoms with Gasteiger partial charge in [0.15, 0.2) is 16.7 Å². The lowest BCUT2D eigenvalue weighted by Crippen LogP contribution is -2.19. The molecule has 1 heterocycles. The van der Waals surface area contributed by atoms with Crippen molar-refractivity contribution >= 4 is 57.8 Å². The fourth-order valence-electron chi connectivity index (χ4n) is 3.40. The van der Waals surface area contributed by atoms with Gasteiger partial charge < -0.3 is 14.8 Å². The molecule has 2 aromatic rings. The quantitative estimate of drug-likeness (QED) is 0.227. The summed E-state index contributed by atoms with van der Waals surface area (Å²) in [6.45, 7) is 5.20. The molecule has 0 saturated carbocycles. The van der Waals surface area contributed by atoms with Gasteiger partial charge in [-0.25, -0.2) is 4.99 Å². The molecular formula is C26H30Cl2N2O3S. The molecule has 0 aromatic heterocycles. The first kappa shape index (κ1) is 26.5. The summed E-state index contributed by atoms with van der Waals surface area (Å²) in [5.41, 5.74) is 1.47. The molecule has 0 spiro atoms. The number of halogens is 2. The number of ether oxygens (including phenoxy) is 2. The van der Waals surface area contributed by atoms with Gasteiger partial charge in [-0.3, -0.25) is 4.79 Å². The minimum absolute atomic E-state index is 0.213. The first-order chi connectivity index (χ1) is 16.5. The predicted molar refractivity (Wildman–Crippen MR) is 144 cm³/mol. The van der Waals surface area contributed by atoms with Crippen LogP contribution in [0.25, 0.3) is 6.08 Å². The van der Waals surface area contributed by atoms with E-state index in [4.69, 9.17) is 32.7 Å². The Morgan fingerprint density at radius 1 is 1.00 bits per heavy atom. The van der Waals surface area contributed by atoms with Crippen LogP contribution in [-0.2, 0) is 4.79 Å². The van der Waals surface area contributed by atoms with Gasteiger partial charge in [-0.1, -0.05) is 62.2 Å². The molecule has 182 valence electrons. The Hall–Kier alpha value is -2.15. The van der Waals surface area contributed by atoms with Gasteiger partial charge in [0, 0.05) is 5.02 Å². The fraction of sp³-hybridized carbons (Fsp3) is 0.385. The maximum absolute atomic E-state index is 12.5. The van der Waals surface area contributed by atoms with E-state index in [2.05, 4.69) is 17.2 Å². The molecule has 0 radical (unpaired) electrons. The van der Waals surface area contributed by atoms with E-state index in [1.807, 2.05) is 13.0 Å². The standard InChI is InChI=1S/C26H30Cl2N2O3S/c1-3-5-6-7-8-9-14-33-24-21(28)15-18(16-22(24)32-4-2)17-23-25(31)30-26(34-23)29-20-12-10-19(27)11-13-20/h10-13,15-17H,3-9,14H2,1-2H3,(H,29,30,31)/b23-17+. The van der Waals surface area contributed by atoms with Gasteiger partial charge in [0.2, 0.25) is 0 Å². The molecule has 2 aromatic carbocycles. The molecule has 8 heteroatoms. The highest BCUT2D eigenvalue weighted by Crippen LogP contribution is 2.38. The monoisotopic (exact) mass is 520 g/mol. The smallest absolute Gasteiger partial charge is 0.264 e. The number of nitrogens with zero attached hydrogens (tertiary/aromatic N) is 1. The van der Waals surface area contributed by atoms with Crippen LogP contribution in [0.15, 0.2) is 46.3 Å². The number of carbonyl (C=O) groups is 1. The fourth-order valence-corrected chi connectivity index (χ4v) is 4.64. The number of hydrogen-bond acceptors (Lipinski definition) is 5. The predicted octanol–water partition coefficient (Wildman–Crippen LogP) is 8.02. The molecule has 0 aliphatic carbocycles. The second-order valence-corrected chi connectivity index (χ2v) is 9.71. The molecule has 1 fully saturated rings. The lowest BCUT2D eigenvalue weighted by atomic mass is 10.1. The van der Waals surface area contributed by atoms with Crippen molar-refractivity contribution in [3.05, 3.63) is 56.9 Å². The maximum atomic E-state index is 12.5. The second kappa shape index (κ2) is 13.7. The van der Waals surface area contributed by atoms with Gasteiger partial charge in [-0.05, 0) is 73.1 Å². The summed E-state index contributed by atoms with van der Waals surface area (Å²) < 4.78 is 11.8. The average molecular weight is 522 g/mol. The Kier molecular flexibility index (Phi) is 10.6. The van der Waals surface area contributed by atoms with Crippen LogP contribution in [0.4, 0.5) is 5.69 Å². The number of hydrogen-bond donors (Lipinski definition) is 1. The molecule has 1 N–H and O–H groups in total. The summed E-state index contributed by atoms with van der Waals surface area (Å²) in [7, 11) is 0. The van der Waals surface area contributed by atoms with E-state index < -0.39 is 0 Å². The highest BCUT2D eigenvalue weighted by atomic mass is 35.5. The summed E-state index contributed by atoms with van der Waals surface area (Å²) in [4.78, 5) is 17.5. The van der Waals surface area contributed by atoms with Crippen molar-refractivity contribution in [2.45, 2.75) is 52.4 Å². The van der Waals surface area contributed by atoms with Gasteiger partial charge in [-0.2, -0.15) is 0 Å². The third-order valence-electron chi connectivity index (χ3n) is 5.08. The Morgan fingerprint density at radius 3 is 2.47 bits per heavy atom. The molecule has 0 bridgehead atoms. The van der Waals surface area contributed by atoms with Crippen LogP contribution in [0.5, 0.6) is 11.5 Å². The van der Waals surface area contributed by atoms with Crippen LogP contribution in [0.3, 0.4) is 0 Å². The minimum atomic E-state index is -0.213. The number of carbonyl (C=O) groups excluding carboxylic acids is 1. The number of aliphatic imine (C=N–C) groups is 1. The van der Waals surface area contributed by atoms with E-state index in [1.54, 1.807) is 36.4 Å². The Morgan fingerprint density at radius 2 is 1.74 bits per heavy atom. The summed E-state index contributed by atoms with van der Waals surface area (Å²) >= 11 is 13.7. The zero-order chi connectivity index (χ0) is 24.3. The van der Waals surface area contributed by atoms with E-state index in [1.165, 1.54) is 37.4 Å². The van der Waals surface area contributed by atoms with Crippen LogP contribution < -0.4 is 14.8 Å². The highest BCUT2D eigenvalue weighted by Gasteiger charge is 2.24. The number of nitrogens with one attached hydrogen (secondary N) is 1. The van der Waals surface area contributed by atoms with E-state index in [0.29, 0.717) is 50.5 Å². The molecule has 1 saturated heterocycles. The van der Waals surface area contributed by atoms with E-state index in [-0.39, 0.29) is 5.91 Å². The summed E-state index contributed by atoms with van der Waals surface area (Å²) in [6, 6.07) is 10.7. The number of amidine groups is 1. The molecule has 1 aliphatic heterocycles. The Bertz CT molecular complexity index is 1040. The van der Waals surface area contributed by atoms with Gasteiger partial charge in [0.05, 0.1) is 28.8 Å². The summed E-state index contributed by atoms with van der Waals surface area (Å²) in [6.07, 6.45) is 8.89. The lowest BCUT2D eigenvalue weighted by Gasteiger charge is -2.14. The van der Waals surface area contributed by atoms with Gasteiger partial charge in [0.1, 0.15) is 0 Å². The third kappa shape index (κ3) is 7.97. The zero-order valence-electron chi connectivity index (χ0n) is 19.5. The Labute approximate surface area is 215 Å². The number of unbranched alkanes of at least 4 members (excludes halogenated alkanes) is 5. The highest BCUT2D eigenvalue weighted by molar-refractivity contribution is 8.18. The van der Waals surface area contributed by atoms with Crippen molar-refractivity contribution in [3.63, 3.8) is 0 Å². The molecule has 1 amide bonds. The van der Waals surface area contributed by atoms with E-state index >= 15 is 0 Å². The third-order valence-corrected chi connectivity index (χ3v) is 6.52. The molecule has 0 atom stereocenters. The SMILES string of the molecule is CCCCCCCCOc1c(Cl)cc(/C=C2/SC(=Nc3ccc(Cl)cc3)NC2=O)cc1OCC. The topological polar surface area (TPSA) is 59.9 Å². The number of benzene rings is 2. The Balaban J connectivity index is 1.69. The van der Waals surface area contributed by atoms with Crippen molar-refractivity contribution in [1.29, 1.82) is 0 Å². The number of thioether (sulfide) groups is 1. The van der Waals surface area contributed by atoms with Crippen LogP contribution in [0.2, 0.25) is 10.0 Å². The van der Waals surface area contributed by atoms with Crippen LogP contribution >= 0.6 is 35.0 Å². The van der Waals surface area contributed by atoms with Crippen LogP contribution in [0, 0.1) is 0 Å². The molecule has 3 rings (SSSR count). The number of rotatable bonds is 12. The van der Waals surface area contributed by atoms with Crippen LogP contribution in [-0.4, -0.2) is 24.3 Å². The largest absolute Gasteiger partial charge is 0.490 e. The van der Waals surface area contributed by atoms with Gasteiger partial charge in [-0.15, -0.1) is 0 Å². The minimum Gasteiger partial charge on any atom is -0.490 e. The normalized spacial score (nSPS) is 15.7. The van der Waals surface area contributed by atoms with E-state index in [9.17, 15) is 4.79 Å². The maximum Gasteiger partial charge on any atom is 0.264 e. The molecule has 0 unspecified atom stereocenters. The molecule has 5 nitrogen and oxygen atoms in total. The van der Waals surface area contributed by atoms with Crippen molar-refractivity contribution < 1.29 is 14.3 Å². The summed E-state index contributed by atoms with van der Waals surface area (Å²) in [5, 5.41) is 4.39. The molecular weight excluding hydrogens is 491 g/mol. The van der Waals surface area contributed by atoms with Gasteiger partial charge >= 0.3 is 0 Å². The van der Waals surface area contributed by atoms with E-state index in [0.717, 1.165) is 18.4 Å². The van der Waals surface area contributed by atoms with Gasteiger partial charge in [0.25, 0.3) is 5.91 Å². The second-order valence-electron chi connectivity index (χ2n) is 7.84. The number of amides is 1. The first-order valence-electron chi connectivity index (χ1n) is 11.6. The van der Waals surface area contributed by atoms with Crippen molar-refractivity contribution in [1.82, 2.24) is 5.32 Å². The molecule has 1 aliphatic rings. The summed E-state index contributed by atoms with van der Waals surface area (Å²) in [5.74, 6) is 0.911. The zero-order valence-corrected chi connectivity index (χ0v) is 21.9. The van der Waals surface area contributed by atoms with Crippen molar-refractivity contribution in [3.8, 4) is 11.5 Å². The molecule has 34 heavy (non-hydrogen) atoms. The lowest BCUT2D eigenvalue weighted by molar-refractivity contribution is -0.115. The average Bonchev–Trinajstić information content (AvgIpc) is 3.14. The van der Waals surface area contributed by atoms with Crippen LogP contribution in [0.1, 0.15) is 57.9 Å². The van der Waals surface area contributed by atoms with Crippen molar-refractivity contribution in [2.24, 2.45) is 4.99 Å². The van der Waals surface area contributed by atoms with Crippen molar-refractivity contribution in [2.75, 3.05) is 13.2 Å². The first-order valence-corrected chi connectivity index (χ1v) is 13.2.